The molecule has 184 valence electrons. The second-order valence-corrected chi connectivity index (χ2v) is 9.68. The van der Waals surface area contributed by atoms with Crippen molar-refractivity contribution in [1.29, 1.82) is 0 Å². The maximum atomic E-state index is 12.3. The highest BCUT2D eigenvalue weighted by atomic mass is 32.2. The van der Waals surface area contributed by atoms with E-state index in [9.17, 15) is 26.4 Å². The molecule has 35 heavy (non-hydrogen) atoms. The molecule has 3 heterocycles. The van der Waals surface area contributed by atoms with Gasteiger partial charge in [0.15, 0.2) is 0 Å². The smallest absolute Gasteiger partial charge is 0.329 e. The van der Waals surface area contributed by atoms with E-state index in [0.29, 0.717) is 33.7 Å². The molecular weight excluding hydrogens is 487 g/mol. The van der Waals surface area contributed by atoms with Gasteiger partial charge >= 0.3 is 22.4 Å². The number of urea groups is 1. The van der Waals surface area contributed by atoms with E-state index in [1.807, 2.05) is 0 Å². The Kier molecular flexibility index (Phi) is 6.25. The Morgan fingerprint density at radius 2 is 1.86 bits per heavy atom. The van der Waals surface area contributed by atoms with Gasteiger partial charge in [-0.15, -0.1) is 0 Å². The summed E-state index contributed by atoms with van der Waals surface area (Å²) in [5.41, 5.74) is 3.51. The van der Waals surface area contributed by atoms with Gasteiger partial charge in [-0.25, -0.2) is 9.78 Å². The highest BCUT2D eigenvalue weighted by Crippen LogP contribution is 2.27. The lowest BCUT2D eigenvalue weighted by atomic mass is 10.1. The monoisotopic (exact) mass is 507 g/mol. The van der Waals surface area contributed by atoms with Gasteiger partial charge in [0.2, 0.25) is 0 Å². The van der Waals surface area contributed by atoms with Gasteiger partial charge in [0.25, 0.3) is 0 Å². The van der Waals surface area contributed by atoms with Crippen LogP contribution in [0.3, 0.4) is 0 Å². The predicted octanol–water partition coefficient (Wildman–Crippen LogP) is 3.20. The van der Waals surface area contributed by atoms with Crippen LogP contribution in [0.5, 0.6) is 0 Å². The molecule has 0 spiro atoms. The summed E-state index contributed by atoms with van der Waals surface area (Å²) >= 11 is 0. The van der Waals surface area contributed by atoms with Crippen LogP contribution in [0.4, 0.5) is 23.7 Å². The summed E-state index contributed by atoms with van der Waals surface area (Å²) in [6.07, 6.45) is 1.70. The number of hydrogen-bond acceptors (Lipinski definition) is 5. The molecule has 2 amide bonds. The number of benzene rings is 1. The van der Waals surface area contributed by atoms with Crippen LogP contribution in [-0.4, -0.2) is 64.1 Å². The summed E-state index contributed by atoms with van der Waals surface area (Å²) in [5, 5.41) is 8.07. The number of halogens is 3. The van der Waals surface area contributed by atoms with Gasteiger partial charge in [-0.05, 0) is 29.8 Å². The fraction of sp³-hybridized carbons (Fsp3) is 0.190. The summed E-state index contributed by atoms with van der Waals surface area (Å²) in [7, 11) is -0.912. The molecule has 4 aromatic rings. The lowest BCUT2D eigenvalue weighted by Gasteiger charge is -2.11. The first-order valence-electron chi connectivity index (χ1n) is 10.1. The van der Waals surface area contributed by atoms with E-state index < -0.39 is 29.0 Å². The zero-order valence-corrected chi connectivity index (χ0v) is 19.3. The summed E-state index contributed by atoms with van der Waals surface area (Å²) in [5.74, 6) is 0. The lowest BCUT2D eigenvalue weighted by molar-refractivity contribution is -0.122. The van der Waals surface area contributed by atoms with Crippen LogP contribution in [0.15, 0.2) is 61.2 Å². The summed E-state index contributed by atoms with van der Waals surface area (Å²) in [4.78, 5) is 16.2. The molecule has 0 unspecified atom stereocenters. The first-order chi connectivity index (χ1) is 16.4. The van der Waals surface area contributed by atoms with E-state index in [-0.39, 0.29) is 0 Å². The molecule has 2 N–H and O–H groups in total. The minimum atomic E-state index is -4.51. The van der Waals surface area contributed by atoms with E-state index in [2.05, 4.69) is 15.4 Å². The molecule has 14 heteroatoms. The third kappa shape index (κ3) is 5.27. The molecule has 4 rings (SSSR count). The van der Waals surface area contributed by atoms with E-state index in [0.717, 1.165) is 8.39 Å². The zero-order chi connectivity index (χ0) is 25.4. The first kappa shape index (κ1) is 24.2. The van der Waals surface area contributed by atoms with E-state index in [4.69, 9.17) is 0 Å². The highest BCUT2D eigenvalue weighted by molar-refractivity contribution is 7.87. The van der Waals surface area contributed by atoms with Gasteiger partial charge in [-0.3, -0.25) is 4.40 Å². The zero-order valence-electron chi connectivity index (χ0n) is 18.5. The second kappa shape index (κ2) is 9.03. The number of fused-ring (bicyclic) bond motifs is 1. The molecule has 1 aromatic carbocycles. The van der Waals surface area contributed by atoms with Gasteiger partial charge in [0.1, 0.15) is 12.2 Å². The van der Waals surface area contributed by atoms with Crippen LogP contribution >= 0.6 is 0 Å². The average Bonchev–Trinajstić information content (AvgIpc) is 3.45. The summed E-state index contributed by atoms with van der Waals surface area (Å²) in [6.45, 7) is -1.44. The van der Waals surface area contributed by atoms with E-state index in [1.54, 1.807) is 58.5 Å². The Bertz CT molecular complexity index is 1490. The standard InChI is InChI=1S/C21H20F3N7O3S/c1-29(2)35(33,34)31-12-16(10-27-31)14-6-7-30-18(11-25-19(30)9-14)15-4-3-5-17(8-15)28-20(32)26-13-21(22,23)24/h3-12H,13H2,1-2H3,(H2,26,28,32). The van der Waals surface area contributed by atoms with Crippen molar-refractivity contribution in [3.63, 3.8) is 0 Å². The number of amides is 2. The van der Waals surface area contributed by atoms with Crippen LogP contribution in [0.1, 0.15) is 0 Å². The van der Waals surface area contributed by atoms with Gasteiger partial charge < -0.3 is 10.6 Å². The van der Waals surface area contributed by atoms with Gasteiger partial charge in [0.05, 0.1) is 24.3 Å². The van der Waals surface area contributed by atoms with Gasteiger partial charge in [0, 0.05) is 37.1 Å². The van der Waals surface area contributed by atoms with Gasteiger partial charge in [-0.1, -0.05) is 12.1 Å². The molecular formula is C21H20F3N7O3S. The van der Waals surface area contributed by atoms with E-state index >= 15 is 0 Å². The number of nitrogens with one attached hydrogen (secondary N) is 2. The van der Waals surface area contributed by atoms with Crippen molar-refractivity contribution < 1.29 is 26.4 Å². The molecule has 0 aliphatic rings. The van der Waals surface area contributed by atoms with Crippen molar-refractivity contribution in [2.24, 2.45) is 0 Å². The summed E-state index contributed by atoms with van der Waals surface area (Å²) < 4.78 is 65.1. The highest BCUT2D eigenvalue weighted by Gasteiger charge is 2.27. The number of aromatic nitrogens is 4. The number of carbonyl (C=O) groups excluding carboxylic acids is 1. The maximum Gasteiger partial charge on any atom is 0.405 e. The third-order valence-corrected chi connectivity index (χ3v) is 6.57. The van der Waals surface area contributed by atoms with Crippen molar-refractivity contribution in [1.82, 2.24) is 28.2 Å². The van der Waals surface area contributed by atoms with Crippen LogP contribution in [0.2, 0.25) is 0 Å². The Morgan fingerprint density at radius 3 is 2.57 bits per heavy atom. The third-order valence-electron chi connectivity index (χ3n) is 4.97. The van der Waals surface area contributed by atoms with Crippen LogP contribution in [0.25, 0.3) is 28.0 Å². The van der Waals surface area contributed by atoms with Crippen molar-refractivity contribution in [2.75, 3.05) is 26.0 Å². The minimum absolute atomic E-state index is 0.309. The fourth-order valence-electron chi connectivity index (χ4n) is 3.23. The Morgan fingerprint density at radius 1 is 1.09 bits per heavy atom. The van der Waals surface area contributed by atoms with Crippen LogP contribution < -0.4 is 10.6 Å². The molecule has 0 saturated heterocycles. The number of anilines is 1. The number of carbonyl (C=O) groups is 1. The maximum absolute atomic E-state index is 12.3. The molecule has 0 atom stereocenters. The van der Waals surface area contributed by atoms with Crippen molar-refractivity contribution in [2.45, 2.75) is 6.18 Å². The molecule has 0 aliphatic heterocycles. The van der Waals surface area contributed by atoms with Crippen LogP contribution in [-0.2, 0) is 10.2 Å². The average molecular weight is 507 g/mol. The Hall–Kier alpha value is -3.91. The topological polar surface area (TPSA) is 114 Å². The number of pyridine rings is 1. The number of imidazole rings is 1. The number of hydrogen-bond donors (Lipinski definition) is 2. The molecule has 0 bridgehead atoms. The van der Waals surface area contributed by atoms with Gasteiger partial charge in [-0.2, -0.15) is 35.1 Å². The Balaban J connectivity index is 1.57. The second-order valence-electron chi connectivity index (χ2n) is 7.68. The quantitative estimate of drug-likeness (QED) is 0.416. The van der Waals surface area contributed by atoms with Crippen molar-refractivity contribution >= 4 is 27.6 Å². The molecule has 10 nitrogen and oxygen atoms in total. The van der Waals surface area contributed by atoms with E-state index in [1.165, 1.54) is 26.5 Å². The predicted molar refractivity (Wildman–Crippen MR) is 123 cm³/mol. The first-order valence-corrected chi connectivity index (χ1v) is 11.5. The molecule has 0 saturated carbocycles. The van der Waals surface area contributed by atoms with Crippen LogP contribution in [0, 0.1) is 0 Å². The number of alkyl halides is 3. The lowest BCUT2D eigenvalue weighted by Crippen LogP contribution is -2.36. The number of rotatable bonds is 6. The fourth-order valence-corrected chi connectivity index (χ4v) is 3.98. The summed E-state index contributed by atoms with van der Waals surface area (Å²) in [6, 6.07) is 9.15. The minimum Gasteiger partial charge on any atom is -0.329 e. The Labute approximate surface area is 198 Å². The van der Waals surface area contributed by atoms with Crippen molar-refractivity contribution in [3.8, 4) is 22.4 Å². The normalized spacial score (nSPS) is 12.3. The van der Waals surface area contributed by atoms with Crippen molar-refractivity contribution in [3.05, 3.63) is 61.2 Å². The molecule has 3 aromatic heterocycles. The largest absolute Gasteiger partial charge is 0.405 e. The molecule has 0 radical (unpaired) electrons. The molecule has 0 aliphatic carbocycles. The number of nitrogens with zero attached hydrogens (tertiary/aromatic N) is 5. The SMILES string of the molecule is CN(C)S(=O)(=O)n1cc(-c2ccn3c(-c4cccc(NC(=O)NCC(F)(F)F)c4)cnc3c2)cn1. The molecule has 0 fully saturated rings.